The van der Waals surface area contributed by atoms with Crippen LogP contribution in [0.25, 0.3) is 0 Å². The lowest BCUT2D eigenvalue weighted by atomic mass is 10.2. The molecule has 100 valence electrons. The van der Waals surface area contributed by atoms with Crippen molar-refractivity contribution in [2.75, 3.05) is 25.5 Å². The van der Waals surface area contributed by atoms with Gasteiger partial charge in [-0.15, -0.1) is 0 Å². The van der Waals surface area contributed by atoms with Gasteiger partial charge in [0.15, 0.2) is 0 Å². The van der Waals surface area contributed by atoms with Gasteiger partial charge in [0, 0.05) is 24.0 Å². The lowest BCUT2D eigenvalue weighted by Gasteiger charge is -2.20. The summed E-state index contributed by atoms with van der Waals surface area (Å²) in [6.45, 7) is 3.48. The lowest BCUT2D eigenvalue weighted by molar-refractivity contribution is 0.0765. The summed E-state index contributed by atoms with van der Waals surface area (Å²) in [6, 6.07) is 5.40. The minimum Gasteiger partial charge on any atom is -0.496 e. The molecule has 0 saturated carbocycles. The molecule has 0 aliphatic carbocycles. The van der Waals surface area contributed by atoms with Crippen molar-refractivity contribution in [3.05, 3.63) is 28.2 Å². The molecule has 0 bridgehead atoms. The van der Waals surface area contributed by atoms with Crippen molar-refractivity contribution < 1.29 is 9.53 Å². The largest absolute Gasteiger partial charge is 0.496 e. The standard InChI is InChI=1S/C13H17Br2NO2/c1-3-16(8-4-7-14)13(17)10-5-6-12(18-2)11(15)9-10/h5-6,9H,3-4,7-8H2,1-2H3. The molecule has 0 aliphatic rings. The molecule has 18 heavy (non-hydrogen) atoms. The van der Waals surface area contributed by atoms with Crippen LogP contribution in [0.2, 0.25) is 0 Å². The average Bonchev–Trinajstić information content (AvgIpc) is 2.39. The smallest absolute Gasteiger partial charge is 0.253 e. The quantitative estimate of drug-likeness (QED) is 0.706. The number of hydrogen-bond acceptors (Lipinski definition) is 2. The van der Waals surface area contributed by atoms with Gasteiger partial charge in [-0.1, -0.05) is 15.9 Å². The molecular formula is C13H17Br2NO2. The van der Waals surface area contributed by atoms with E-state index >= 15 is 0 Å². The summed E-state index contributed by atoms with van der Waals surface area (Å²) < 4.78 is 5.95. The molecule has 0 heterocycles. The number of ether oxygens (including phenoxy) is 1. The number of amides is 1. The van der Waals surface area contributed by atoms with Gasteiger partial charge in [-0.05, 0) is 47.5 Å². The topological polar surface area (TPSA) is 29.5 Å². The zero-order chi connectivity index (χ0) is 13.5. The normalized spacial score (nSPS) is 10.2. The van der Waals surface area contributed by atoms with Gasteiger partial charge >= 0.3 is 0 Å². The monoisotopic (exact) mass is 377 g/mol. The van der Waals surface area contributed by atoms with Crippen LogP contribution in [0.5, 0.6) is 5.75 Å². The number of halogens is 2. The minimum atomic E-state index is 0.0572. The van der Waals surface area contributed by atoms with Crippen LogP contribution in [0, 0.1) is 0 Å². The van der Waals surface area contributed by atoms with Crippen molar-refractivity contribution in [2.45, 2.75) is 13.3 Å². The van der Waals surface area contributed by atoms with E-state index in [-0.39, 0.29) is 5.91 Å². The third kappa shape index (κ3) is 3.99. The van der Waals surface area contributed by atoms with E-state index in [0.29, 0.717) is 5.56 Å². The van der Waals surface area contributed by atoms with Crippen LogP contribution in [0.15, 0.2) is 22.7 Å². The number of nitrogens with zero attached hydrogens (tertiary/aromatic N) is 1. The van der Waals surface area contributed by atoms with Crippen molar-refractivity contribution in [3.63, 3.8) is 0 Å². The maximum absolute atomic E-state index is 12.3. The zero-order valence-electron chi connectivity index (χ0n) is 10.6. The molecule has 0 aliphatic heterocycles. The van der Waals surface area contributed by atoms with E-state index in [1.807, 2.05) is 11.8 Å². The van der Waals surface area contributed by atoms with Crippen LogP contribution in [-0.2, 0) is 0 Å². The maximum Gasteiger partial charge on any atom is 0.253 e. The van der Waals surface area contributed by atoms with Crippen LogP contribution in [-0.4, -0.2) is 36.3 Å². The molecule has 1 rings (SSSR count). The van der Waals surface area contributed by atoms with Crippen molar-refractivity contribution in [1.82, 2.24) is 4.90 Å². The number of carbonyl (C=O) groups is 1. The van der Waals surface area contributed by atoms with E-state index in [9.17, 15) is 4.79 Å². The number of methoxy groups -OCH3 is 1. The van der Waals surface area contributed by atoms with Crippen LogP contribution in [0.4, 0.5) is 0 Å². The molecule has 1 aromatic carbocycles. The summed E-state index contributed by atoms with van der Waals surface area (Å²) in [4.78, 5) is 14.1. The Morgan fingerprint density at radius 3 is 2.67 bits per heavy atom. The number of rotatable bonds is 6. The van der Waals surface area contributed by atoms with Gasteiger partial charge < -0.3 is 9.64 Å². The van der Waals surface area contributed by atoms with Gasteiger partial charge in [-0.25, -0.2) is 0 Å². The highest BCUT2D eigenvalue weighted by Gasteiger charge is 2.15. The third-order valence-corrected chi connectivity index (χ3v) is 3.81. The van der Waals surface area contributed by atoms with Gasteiger partial charge in [0.1, 0.15) is 5.75 Å². The Hall–Kier alpha value is -0.550. The highest BCUT2D eigenvalue weighted by molar-refractivity contribution is 9.10. The zero-order valence-corrected chi connectivity index (χ0v) is 13.8. The molecule has 0 aromatic heterocycles. The van der Waals surface area contributed by atoms with Crippen molar-refractivity contribution in [1.29, 1.82) is 0 Å². The molecule has 0 fully saturated rings. The Morgan fingerprint density at radius 1 is 1.44 bits per heavy atom. The molecule has 5 heteroatoms. The molecular weight excluding hydrogens is 362 g/mol. The SMILES string of the molecule is CCN(CCCBr)C(=O)c1ccc(OC)c(Br)c1. The fourth-order valence-corrected chi connectivity index (χ4v) is 2.43. The van der Waals surface area contributed by atoms with Crippen LogP contribution in [0.3, 0.4) is 0 Å². The first-order chi connectivity index (χ1) is 8.63. The first-order valence-electron chi connectivity index (χ1n) is 5.82. The Labute approximate surface area is 125 Å². The number of carbonyl (C=O) groups excluding carboxylic acids is 1. The third-order valence-electron chi connectivity index (χ3n) is 2.63. The van der Waals surface area contributed by atoms with Gasteiger partial charge in [0.2, 0.25) is 0 Å². The van der Waals surface area contributed by atoms with Gasteiger partial charge in [0.25, 0.3) is 5.91 Å². The second kappa shape index (κ2) is 7.79. The van der Waals surface area contributed by atoms with Gasteiger partial charge in [0.05, 0.1) is 11.6 Å². The van der Waals surface area contributed by atoms with E-state index in [4.69, 9.17) is 4.74 Å². The Balaban J connectivity index is 2.84. The second-order valence-electron chi connectivity index (χ2n) is 3.78. The summed E-state index contributed by atoms with van der Waals surface area (Å²) in [7, 11) is 1.61. The van der Waals surface area contributed by atoms with E-state index in [1.54, 1.807) is 25.3 Å². The Morgan fingerprint density at radius 2 is 2.17 bits per heavy atom. The second-order valence-corrected chi connectivity index (χ2v) is 5.42. The van der Waals surface area contributed by atoms with E-state index in [0.717, 1.165) is 35.1 Å². The average molecular weight is 379 g/mol. The molecule has 0 radical (unpaired) electrons. The Bertz CT molecular complexity index is 410. The molecule has 0 unspecified atom stereocenters. The predicted octanol–water partition coefficient (Wildman–Crippen LogP) is 3.70. The highest BCUT2D eigenvalue weighted by Crippen LogP contribution is 2.26. The highest BCUT2D eigenvalue weighted by atomic mass is 79.9. The summed E-state index contributed by atoms with van der Waals surface area (Å²) in [5.74, 6) is 0.789. The molecule has 3 nitrogen and oxygen atoms in total. The number of hydrogen-bond donors (Lipinski definition) is 0. The van der Waals surface area contributed by atoms with Crippen LogP contribution in [0.1, 0.15) is 23.7 Å². The maximum atomic E-state index is 12.3. The fraction of sp³-hybridized carbons (Fsp3) is 0.462. The summed E-state index contributed by atoms with van der Waals surface area (Å²) >= 11 is 6.78. The van der Waals surface area contributed by atoms with E-state index in [1.165, 1.54) is 0 Å². The van der Waals surface area contributed by atoms with Crippen molar-refractivity contribution >= 4 is 37.8 Å². The van der Waals surface area contributed by atoms with E-state index < -0.39 is 0 Å². The van der Waals surface area contributed by atoms with Crippen LogP contribution < -0.4 is 4.74 Å². The van der Waals surface area contributed by atoms with Crippen LogP contribution >= 0.6 is 31.9 Å². The lowest BCUT2D eigenvalue weighted by Crippen LogP contribution is -2.31. The molecule has 0 N–H and O–H groups in total. The number of benzene rings is 1. The summed E-state index contributed by atoms with van der Waals surface area (Å²) in [5.41, 5.74) is 0.680. The van der Waals surface area contributed by atoms with Gasteiger partial charge in [-0.2, -0.15) is 0 Å². The fourth-order valence-electron chi connectivity index (χ4n) is 1.64. The molecule has 0 saturated heterocycles. The first-order valence-corrected chi connectivity index (χ1v) is 7.74. The minimum absolute atomic E-state index is 0.0572. The molecule has 1 amide bonds. The van der Waals surface area contributed by atoms with E-state index in [2.05, 4.69) is 31.9 Å². The Kier molecular flexibility index (Phi) is 6.71. The molecule has 0 atom stereocenters. The number of alkyl halides is 1. The molecule has 0 spiro atoms. The van der Waals surface area contributed by atoms with Crippen molar-refractivity contribution in [3.8, 4) is 5.75 Å². The summed E-state index contributed by atoms with van der Waals surface area (Å²) in [5, 5.41) is 0.906. The summed E-state index contributed by atoms with van der Waals surface area (Å²) in [6.07, 6.45) is 0.955. The first kappa shape index (κ1) is 15.5. The van der Waals surface area contributed by atoms with Crippen molar-refractivity contribution in [2.24, 2.45) is 0 Å². The van der Waals surface area contributed by atoms with Gasteiger partial charge in [-0.3, -0.25) is 4.79 Å². The molecule has 1 aromatic rings. The predicted molar refractivity (Wildman–Crippen MR) is 80.7 cm³/mol.